The highest BCUT2D eigenvalue weighted by atomic mass is 16.6. The highest BCUT2D eigenvalue weighted by Gasteiger charge is 2.17. The number of carbonyl (C=O) groups is 1. The van der Waals surface area contributed by atoms with Gasteiger partial charge in [-0.1, -0.05) is 80.4 Å². The number of carbonyl (C=O) groups excluding carboxylic acids is 1. The van der Waals surface area contributed by atoms with Crippen molar-refractivity contribution in [3.05, 3.63) is 138 Å². The fourth-order valence-corrected chi connectivity index (χ4v) is 6.26. The van der Waals surface area contributed by atoms with Crippen LogP contribution in [0.5, 0.6) is 0 Å². The number of esters is 1. The van der Waals surface area contributed by atoms with Crippen molar-refractivity contribution in [2.24, 2.45) is 0 Å². The minimum Gasteiger partial charge on any atom is -0.460 e. The predicted molar refractivity (Wildman–Crippen MR) is 209 cm³/mol. The minimum atomic E-state index is -0.326. The predicted octanol–water partition coefficient (Wildman–Crippen LogP) is 12.3. The lowest BCUT2D eigenvalue weighted by atomic mass is 9.83. The highest BCUT2D eigenvalue weighted by molar-refractivity contribution is 5.69. The average Bonchev–Trinajstić information content (AvgIpc) is 3.02. The maximum absolute atomic E-state index is 10.6. The van der Waals surface area contributed by atoms with Crippen LogP contribution in [0.4, 0.5) is 0 Å². The lowest BCUT2D eigenvalue weighted by Gasteiger charge is -2.21. The van der Waals surface area contributed by atoms with Gasteiger partial charge in [-0.25, -0.2) is 0 Å². The number of hydrogen-bond donors (Lipinski definition) is 0. The van der Waals surface area contributed by atoms with Gasteiger partial charge in [0.1, 0.15) is 5.60 Å². The molecule has 260 valence electrons. The van der Waals surface area contributed by atoms with Crippen LogP contribution in [0.3, 0.4) is 0 Å². The van der Waals surface area contributed by atoms with Crippen molar-refractivity contribution in [2.75, 3.05) is 0 Å². The molecule has 4 rings (SSSR count). The maximum Gasteiger partial charge on any atom is 0.306 e. The zero-order valence-corrected chi connectivity index (χ0v) is 33.3. The summed E-state index contributed by atoms with van der Waals surface area (Å²) < 4.78 is 4.95. The Labute approximate surface area is 294 Å². The molecule has 0 aliphatic heterocycles. The van der Waals surface area contributed by atoms with E-state index in [-0.39, 0.29) is 11.6 Å². The summed E-state index contributed by atoms with van der Waals surface area (Å²) in [5.41, 5.74) is 22.5. The van der Waals surface area contributed by atoms with E-state index in [1.54, 1.807) is 6.92 Å². The van der Waals surface area contributed by atoms with E-state index in [1.165, 1.54) is 89.0 Å². The van der Waals surface area contributed by atoms with Crippen molar-refractivity contribution >= 4 is 5.97 Å². The molecule has 0 aliphatic carbocycles. The van der Waals surface area contributed by atoms with E-state index in [0.29, 0.717) is 6.42 Å². The van der Waals surface area contributed by atoms with E-state index >= 15 is 0 Å². The Bertz CT molecular complexity index is 1600. The van der Waals surface area contributed by atoms with Crippen LogP contribution in [-0.2, 0) is 28.8 Å². The molecule has 0 N–H and O–H groups in total. The van der Waals surface area contributed by atoms with Crippen LogP contribution in [0.25, 0.3) is 0 Å². The second-order valence-corrected chi connectivity index (χ2v) is 14.5. The molecule has 0 radical (unpaired) electrons. The van der Waals surface area contributed by atoms with Crippen molar-refractivity contribution in [2.45, 2.75) is 142 Å². The van der Waals surface area contributed by atoms with E-state index in [4.69, 9.17) is 4.74 Å². The molecule has 0 unspecified atom stereocenters. The molecule has 0 aliphatic rings. The Kier molecular flexibility index (Phi) is 14.9. The molecule has 4 aromatic rings. The lowest BCUT2D eigenvalue weighted by molar-refractivity contribution is -0.154. The third-order valence-electron chi connectivity index (χ3n) is 9.57. The van der Waals surface area contributed by atoms with Crippen molar-refractivity contribution in [1.29, 1.82) is 0 Å². The van der Waals surface area contributed by atoms with E-state index in [1.807, 2.05) is 34.6 Å². The van der Waals surface area contributed by atoms with Gasteiger partial charge in [0.2, 0.25) is 0 Å². The fourth-order valence-electron chi connectivity index (χ4n) is 6.26. The zero-order chi connectivity index (χ0) is 36.5. The van der Waals surface area contributed by atoms with Crippen LogP contribution in [0, 0.1) is 69.2 Å². The first-order chi connectivity index (χ1) is 22.4. The molecule has 2 heteroatoms. The van der Waals surface area contributed by atoms with Crippen molar-refractivity contribution in [1.82, 2.24) is 0 Å². The van der Waals surface area contributed by atoms with Crippen LogP contribution in [-0.4, -0.2) is 11.6 Å². The number of benzene rings is 4. The first-order valence-electron chi connectivity index (χ1n) is 17.9. The zero-order valence-electron chi connectivity index (χ0n) is 33.3. The van der Waals surface area contributed by atoms with Crippen LogP contribution < -0.4 is 0 Å². The van der Waals surface area contributed by atoms with E-state index in [0.717, 1.165) is 19.3 Å². The lowest BCUT2D eigenvalue weighted by Crippen LogP contribution is -2.23. The Morgan fingerprint density at radius 3 is 1.21 bits per heavy atom. The van der Waals surface area contributed by atoms with Gasteiger partial charge in [-0.05, 0) is 187 Å². The molecule has 48 heavy (non-hydrogen) atoms. The van der Waals surface area contributed by atoms with E-state index < -0.39 is 0 Å². The van der Waals surface area contributed by atoms with Crippen molar-refractivity contribution in [3.63, 3.8) is 0 Å². The summed E-state index contributed by atoms with van der Waals surface area (Å²) in [5.74, 6) is -0.137. The van der Waals surface area contributed by atoms with Crippen molar-refractivity contribution < 1.29 is 9.53 Å². The molecule has 0 bridgehead atoms. The van der Waals surface area contributed by atoms with Gasteiger partial charge in [0.15, 0.2) is 0 Å². The fraction of sp³-hybridized carbons (Fsp3) is 0.457. The van der Waals surface area contributed by atoms with Gasteiger partial charge < -0.3 is 4.74 Å². The van der Waals surface area contributed by atoms with Gasteiger partial charge in [-0.2, -0.15) is 0 Å². The Morgan fingerprint density at radius 1 is 0.521 bits per heavy atom. The number of rotatable bonds is 7. The highest BCUT2D eigenvalue weighted by Crippen LogP contribution is 2.31. The Balaban J connectivity index is 0.000000631. The molecule has 0 saturated heterocycles. The molecule has 0 amide bonds. The summed E-state index contributed by atoms with van der Waals surface area (Å²) in [5, 5.41) is 0. The summed E-state index contributed by atoms with van der Waals surface area (Å²) in [7, 11) is 0. The second kappa shape index (κ2) is 17.7. The summed E-state index contributed by atoms with van der Waals surface area (Å²) in [6, 6.07) is 18.6. The van der Waals surface area contributed by atoms with Gasteiger partial charge in [-0.3, -0.25) is 4.79 Å². The van der Waals surface area contributed by atoms with Gasteiger partial charge in [-0.15, -0.1) is 0 Å². The average molecular weight is 649 g/mol. The second-order valence-electron chi connectivity index (χ2n) is 14.5. The van der Waals surface area contributed by atoms with Crippen molar-refractivity contribution in [3.8, 4) is 0 Å². The van der Waals surface area contributed by atoms with Gasteiger partial charge in [0.05, 0.1) is 0 Å². The van der Waals surface area contributed by atoms with Gasteiger partial charge in [0, 0.05) is 6.42 Å². The van der Waals surface area contributed by atoms with Crippen LogP contribution >= 0.6 is 0 Å². The largest absolute Gasteiger partial charge is 0.460 e. The normalized spacial score (nSPS) is 10.9. The van der Waals surface area contributed by atoms with Gasteiger partial charge >= 0.3 is 5.97 Å². The van der Waals surface area contributed by atoms with Crippen LogP contribution in [0.1, 0.15) is 137 Å². The first kappa shape index (κ1) is 40.5. The van der Waals surface area contributed by atoms with E-state index in [9.17, 15) is 4.79 Å². The summed E-state index contributed by atoms with van der Waals surface area (Å²) >= 11 is 0. The minimum absolute atomic E-state index is 0.137. The molecule has 0 atom stereocenters. The standard InChI is InChI=1S/C37H44.C7H14O2.C2H6/c1-22-11-13-24(3)32(15-22)20-36-28(7)26(5)17-34(30(36)9)19-35-18-27(6)29(8)37(31(35)10)21-33-16-23(2)12-14-25(33)4;1-5-6(8)9-7(2,3)4;1-2/h11-18H,19-21H2,1-10H3;5H2,1-4H3;1-2H3. The molecule has 0 spiro atoms. The third-order valence-corrected chi connectivity index (χ3v) is 9.57. The monoisotopic (exact) mass is 648 g/mol. The smallest absolute Gasteiger partial charge is 0.306 e. The maximum atomic E-state index is 10.6. The topological polar surface area (TPSA) is 26.3 Å². The molecule has 0 saturated carbocycles. The van der Waals surface area contributed by atoms with E-state index in [2.05, 4.69) is 118 Å². The number of aryl methyl sites for hydroxylation is 6. The molecule has 0 aromatic heterocycles. The number of ether oxygens (including phenoxy) is 1. The summed E-state index contributed by atoms with van der Waals surface area (Å²) in [6.07, 6.45) is 3.45. The number of hydrogen-bond acceptors (Lipinski definition) is 2. The molecular weight excluding hydrogens is 585 g/mol. The molecule has 4 aromatic carbocycles. The van der Waals surface area contributed by atoms with Crippen LogP contribution in [0.2, 0.25) is 0 Å². The summed E-state index contributed by atoms with van der Waals surface area (Å²) in [4.78, 5) is 10.6. The SMILES string of the molecule is CC.CCC(=O)OC(C)(C)C.Cc1ccc(C)c(Cc2c(C)c(C)cc(Cc3cc(C)c(C)c(Cc4cc(C)ccc4C)c3C)c2C)c1. The molecule has 0 heterocycles. The van der Waals surface area contributed by atoms with Gasteiger partial charge in [0.25, 0.3) is 0 Å². The Morgan fingerprint density at radius 2 is 0.896 bits per heavy atom. The molecule has 2 nitrogen and oxygen atoms in total. The first-order valence-corrected chi connectivity index (χ1v) is 17.9. The molecular formula is C46H64O2. The third kappa shape index (κ3) is 10.9. The summed E-state index contributed by atoms with van der Waals surface area (Å²) in [6.45, 7) is 34.1. The Hall–Kier alpha value is -3.65. The quantitative estimate of drug-likeness (QED) is 0.186. The molecule has 0 fully saturated rings. The van der Waals surface area contributed by atoms with Crippen LogP contribution in [0.15, 0.2) is 48.5 Å².